The van der Waals surface area contributed by atoms with Gasteiger partial charge in [-0.1, -0.05) is 48.0 Å². The van der Waals surface area contributed by atoms with Gasteiger partial charge in [0.15, 0.2) is 0 Å². The summed E-state index contributed by atoms with van der Waals surface area (Å²) in [6, 6.07) is 14.8. The standard InChI is InChI=1S/C18H14FNS/c1-13-5-8-15(9-6-13)17-12-21-18(20-17)10-7-14-3-2-4-16(19)11-14/h2-12H,1H3. The maximum absolute atomic E-state index is 13.1. The van der Waals surface area contributed by atoms with Crippen LogP contribution in [0.3, 0.4) is 0 Å². The Hall–Kier alpha value is -2.26. The fourth-order valence-corrected chi connectivity index (χ4v) is 2.72. The number of nitrogens with zero attached hydrogens (tertiary/aromatic N) is 1. The van der Waals surface area contributed by atoms with Crippen molar-refractivity contribution in [3.63, 3.8) is 0 Å². The molecule has 0 N–H and O–H groups in total. The molecule has 0 amide bonds. The van der Waals surface area contributed by atoms with E-state index in [-0.39, 0.29) is 5.82 Å². The van der Waals surface area contributed by atoms with Crippen molar-refractivity contribution in [1.29, 1.82) is 0 Å². The van der Waals surface area contributed by atoms with Crippen LogP contribution in [0.25, 0.3) is 23.4 Å². The van der Waals surface area contributed by atoms with E-state index in [9.17, 15) is 4.39 Å². The van der Waals surface area contributed by atoms with Gasteiger partial charge in [0.25, 0.3) is 0 Å². The first kappa shape index (κ1) is 13.7. The number of benzene rings is 2. The topological polar surface area (TPSA) is 12.9 Å². The van der Waals surface area contributed by atoms with Crippen molar-refractivity contribution in [2.75, 3.05) is 0 Å². The molecule has 1 heterocycles. The van der Waals surface area contributed by atoms with E-state index in [1.807, 2.05) is 23.6 Å². The molecule has 0 spiro atoms. The highest BCUT2D eigenvalue weighted by atomic mass is 32.1. The quantitative estimate of drug-likeness (QED) is 0.628. The van der Waals surface area contributed by atoms with Gasteiger partial charge in [0, 0.05) is 10.9 Å². The number of hydrogen-bond acceptors (Lipinski definition) is 2. The smallest absolute Gasteiger partial charge is 0.123 e. The molecular formula is C18H14FNS. The van der Waals surface area contributed by atoms with Gasteiger partial charge in [0.1, 0.15) is 10.8 Å². The third kappa shape index (κ3) is 3.44. The first-order chi connectivity index (χ1) is 10.2. The summed E-state index contributed by atoms with van der Waals surface area (Å²) in [7, 11) is 0. The Labute approximate surface area is 127 Å². The van der Waals surface area contributed by atoms with E-state index < -0.39 is 0 Å². The van der Waals surface area contributed by atoms with Crippen molar-refractivity contribution in [3.8, 4) is 11.3 Å². The molecule has 0 aliphatic carbocycles. The van der Waals surface area contributed by atoms with E-state index in [2.05, 4.69) is 36.2 Å². The van der Waals surface area contributed by atoms with Crippen molar-refractivity contribution in [1.82, 2.24) is 4.98 Å². The van der Waals surface area contributed by atoms with Gasteiger partial charge in [-0.2, -0.15) is 0 Å². The number of hydrogen-bond donors (Lipinski definition) is 0. The minimum atomic E-state index is -0.225. The van der Waals surface area contributed by atoms with Crippen LogP contribution in [0.2, 0.25) is 0 Å². The fraction of sp³-hybridized carbons (Fsp3) is 0.0556. The molecule has 0 unspecified atom stereocenters. The average Bonchev–Trinajstić information content (AvgIpc) is 2.95. The number of halogens is 1. The van der Waals surface area contributed by atoms with Crippen molar-refractivity contribution in [2.45, 2.75) is 6.92 Å². The minimum absolute atomic E-state index is 0.225. The second-order valence-electron chi connectivity index (χ2n) is 4.83. The van der Waals surface area contributed by atoms with Gasteiger partial charge >= 0.3 is 0 Å². The maximum atomic E-state index is 13.1. The first-order valence-corrected chi connectivity index (χ1v) is 7.55. The number of thiazole rings is 1. The highest BCUT2D eigenvalue weighted by Crippen LogP contribution is 2.23. The van der Waals surface area contributed by atoms with Crippen molar-refractivity contribution < 1.29 is 4.39 Å². The SMILES string of the molecule is Cc1ccc(-c2csc(C=Cc3cccc(F)c3)n2)cc1. The van der Waals surface area contributed by atoms with Crippen molar-refractivity contribution in [2.24, 2.45) is 0 Å². The molecule has 0 fully saturated rings. The largest absolute Gasteiger partial charge is 0.237 e. The third-order valence-corrected chi connectivity index (χ3v) is 3.95. The van der Waals surface area contributed by atoms with E-state index in [1.165, 1.54) is 17.7 Å². The number of aryl methyl sites for hydroxylation is 1. The molecule has 0 aliphatic rings. The molecule has 0 aliphatic heterocycles. The summed E-state index contributed by atoms with van der Waals surface area (Å²) < 4.78 is 13.1. The molecular weight excluding hydrogens is 281 g/mol. The number of aromatic nitrogens is 1. The summed E-state index contributed by atoms with van der Waals surface area (Å²) in [6.07, 6.45) is 3.79. The van der Waals surface area contributed by atoms with Crippen LogP contribution in [0, 0.1) is 12.7 Å². The van der Waals surface area contributed by atoms with Gasteiger partial charge in [-0.05, 0) is 30.7 Å². The second-order valence-corrected chi connectivity index (χ2v) is 5.72. The Morgan fingerprint density at radius 2 is 1.86 bits per heavy atom. The lowest BCUT2D eigenvalue weighted by atomic mass is 10.1. The van der Waals surface area contributed by atoms with Crippen LogP contribution in [0.5, 0.6) is 0 Å². The Bertz CT molecular complexity index is 772. The van der Waals surface area contributed by atoms with E-state index in [0.717, 1.165) is 21.8 Å². The second kappa shape index (κ2) is 6.02. The fourth-order valence-electron chi connectivity index (χ4n) is 2.00. The molecule has 1 aromatic heterocycles. The molecule has 0 radical (unpaired) electrons. The molecule has 0 saturated carbocycles. The molecule has 2 aromatic carbocycles. The van der Waals surface area contributed by atoms with Crippen LogP contribution in [0.15, 0.2) is 53.9 Å². The summed E-state index contributed by atoms with van der Waals surface area (Å²) in [6.45, 7) is 2.07. The highest BCUT2D eigenvalue weighted by Gasteiger charge is 2.02. The lowest BCUT2D eigenvalue weighted by Crippen LogP contribution is -1.79. The maximum Gasteiger partial charge on any atom is 0.123 e. The Kier molecular flexibility index (Phi) is 3.93. The lowest BCUT2D eigenvalue weighted by molar-refractivity contribution is 0.627. The zero-order chi connectivity index (χ0) is 14.7. The van der Waals surface area contributed by atoms with Crippen LogP contribution in [0.4, 0.5) is 4.39 Å². The molecule has 21 heavy (non-hydrogen) atoms. The van der Waals surface area contributed by atoms with Gasteiger partial charge in [-0.15, -0.1) is 11.3 Å². The van der Waals surface area contributed by atoms with Crippen molar-refractivity contribution in [3.05, 3.63) is 75.9 Å². The molecule has 0 saturated heterocycles. The van der Waals surface area contributed by atoms with E-state index in [4.69, 9.17) is 0 Å². The predicted molar refractivity (Wildman–Crippen MR) is 87.6 cm³/mol. The summed E-state index contributed by atoms with van der Waals surface area (Å²) >= 11 is 1.58. The zero-order valence-corrected chi connectivity index (χ0v) is 12.4. The Balaban J connectivity index is 1.80. The summed E-state index contributed by atoms with van der Waals surface area (Å²) in [4.78, 5) is 4.59. The molecule has 104 valence electrons. The molecule has 3 aromatic rings. The monoisotopic (exact) mass is 295 g/mol. The summed E-state index contributed by atoms with van der Waals surface area (Å²) in [5, 5.41) is 2.95. The van der Waals surface area contributed by atoms with Crippen LogP contribution in [-0.2, 0) is 0 Å². The molecule has 3 rings (SSSR count). The van der Waals surface area contributed by atoms with Gasteiger partial charge in [0.2, 0.25) is 0 Å². The van der Waals surface area contributed by atoms with E-state index >= 15 is 0 Å². The summed E-state index contributed by atoms with van der Waals surface area (Å²) in [5.74, 6) is -0.225. The first-order valence-electron chi connectivity index (χ1n) is 6.67. The molecule has 1 nitrogen and oxygen atoms in total. The molecule has 0 atom stereocenters. The van der Waals surface area contributed by atoms with Crippen molar-refractivity contribution >= 4 is 23.5 Å². The van der Waals surface area contributed by atoms with Crippen LogP contribution >= 0.6 is 11.3 Å². The van der Waals surface area contributed by atoms with Gasteiger partial charge in [-0.25, -0.2) is 9.37 Å². The minimum Gasteiger partial charge on any atom is -0.237 e. The third-order valence-electron chi connectivity index (χ3n) is 3.14. The highest BCUT2D eigenvalue weighted by molar-refractivity contribution is 7.10. The number of rotatable bonds is 3. The van der Waals surface area contributed by atoms with Crippen LogP contribution < -0.4 is 0 Å². The average molecular weight is 295 g/mol. The van der Waals surface area contributed by atoms with Gasteiger partial charge in [0.05, 0.1) is 5.69 Å². The molecule has 3 heteroatoms. The van der Waals surface area contributed by atoms with E-state index in [1.54, 1.807) is 17.4 Å². The zero-order valence-electron chi connectivity index (χ0n) is 11.6. The van der Waals surface area contributed by atoms with Crippen LogP contribution in [0.1, 0.15) is 16.1 Å². The predicted octanol–water partition coefficient (Wildman–Crippen LogP) is 5.43. The van der Waals surface area contributed by atoms with Gasteiger partial charge < -0.3 is 0 Å². The molecule has 0 bridgehead atoms. The Morgan fingerprint density at radius 3 is 2.62 bits per heavy atom. The Morgan fingerprint density at radius 1 is 1.05 bits per heavy atom. The van der Waals surface area contributed by atoms with Crippen LogP contribution in [-0.4, -0.2) is 4.98 Å². The lowest BCUT2D eigenvalue weighted by Gasteiger charge is -1.96. The van der Waals surface area contributed by atoms with E-state index in [0.29, 0.717) is 0 Å². The normalized spacial score (nSPS) is 11.1. The summed E-state index contributed by atoms with van der Waals surface area (Å²) in [5.41, 5.74) is 4.16. The van der Waals surface area contributed by atoms with Gasteiger partial charge in [-0.3, -0.25) is 0 Å².